The number of hydrogen-bond donors (Lipinski definition) is 1. The molecule has 1 fully saturated rings. The minimum Gasteiger partial charge on any atom is -0.492 e. The van der Waals surface area contributed by atoms with E-state index in [2.05, 4.69) is 4.72 Å². The van der Waals surface area contributed by atoms with Crippen molar-refractivity contribution in [3.8, 4) is 5.75 Å². The normalized spacial score (nSPS) is 17.1. The Morgan fingerprint density at radius 1 is 1.25 bits per heavy atom. The molecule has 6 nitrogen and oxygen atoms in total. The third-order valence-corrected chi connectivity index (χ3v) is 4.39. The fourth-order valence-electron chi connectivity index (χ4n) is 1.75. The van der Waals surface area contributed by atoms with Crippen molar-refractivity contribution in [3.63, 3.8) is 0 Å². The minimum atomic E-state index is -3.48. The molecule has 20 heavy (non-hydrogen) atoms. The van der Waals surface area contributed by atoms with E-state index in [1.165, 1.54) is 28.6 Å². The van der Waals surface area contributed by atoms with Crippen LogP contribution in [0.4, 0.5) is 4.39 Å². The molecule has 0 spiro atoms. The zero-order chi connectivity index (χ0) is 14.4. The Hall–Kier alpha value is -1.22. The SMILES string of the molecule is O=S(=O)(NCCOc1ccc(F)cc1)N1CCOCC1. The van der Waals surface area contributed by atoms with Crippen LogP contribution in [0, 0.1) is 5.82 Å². The molecule has 0 unspecified atom stereocenters. The number of ether oxygens (including phenoxy) is 2. The molecule has 112 valence electrons. The molecule has 1 aliphatic rings. The molecule has 1 aliphatic heterocycles. The molecule has 1 aromatic carbocycles. The minimum absolute atomic E-state index is 0.150. The molecular weight excluding hydrogens is 287 g/mol. The van der Waals surface area contributed by atoms with Crippen molar-refractivity contribution >= 4 is 10.2 Å². The maximum atomic E-state index is 12.7. The first kappa shape index (κ1) is 15.2. The molecule has 1 heterocycles. The Kier molecular flexibility index (Phi) is 5.30. The van der Waals surface area contributed by atoms with Crippen LogP contribution in [0.25, 0.3) is 0 Å². The van der Waals surface area contributed by atoms with Crippen molar-refractivity contribution in [1.29, 1.82) is 0 Å². The Balaban J connectivity index is 1.73. The first-order valence-electron chi connectivity index (χ1n) is 6.29. The van der Waals surface area contributed by atoms with Crippen molar-refractivity contribution in [3.05, 3.63) is 30.1 Å². The van der Waals surface area contributed by atoms with Crippen molar-refractivity contribution in [2.24, 2.45) is 0 Å². The Labute approximate surface area is 117 Å². The molecule has 1 aromatic rings. The number of nitrogens with zero attached hydrogens (tertiary/aromatic N) is 1. The Morgan fingerprint density at radius 2 is 1.90 bits per heavy atom. The van der Waals surface area contributed by atoms with Crippen molar-refractivity contribution < 1.29 is 22.3 Å². The average Bonchev–Trinajstić information content (AvgIpc) is 2.46. The predicted octanol–water partition coefficient (Wildman–Crippen LogP) is 0.371. The second-order valence-electron chi connectivity index (χ2n) is 4.21. The molecule has 0 saturated carbocycles. The zero-order valence-electron chi connectivity index (χ0n) is 10.9. The second-order valence-corrected chi connectivity index (χ2v) is 5.97. The van der Waals surface area contributed by atoms with Crippen molar-refractivity contribution in [2.45, 2.75) is 0 Å². The molecular formula is C12H17FN2O4S. The quantitative estimate of drug-likeness (QED) is 0.771. The van der Waals surface area contributed by atoms with E-state index in [0.717, 1.165) is 0 Å². The van der Waals surface area contributed by atoms with Gasteiger partial charge in [-0.25, -0.2) is 4.39 Å². The summed E-state index contributed by atoms with van der Waals surface area (Å²) >= 11 is 0. The van der Waals surface area contributed by atoms with Gasteiger partial charge in [-0.3, -0.25) is 0 Å². The second kappa shape index (κ2) is 6.98. The van der Waals surface area contributed by atoms with E-state index in [-0.39, 0.29) is 19.0 Å². The molecule has 8 heteroatoms. The summed E-state index contributed by atoms with van der Waals surface area (Å²) < 4.78 is 50.7. The lowest BCUT2D eigenvalue weighted by molar-refractivity contribution is 0.0724. The van der Waals surface area contributed by atoms with Gasteiger partial charge in [0.05, 0.1) is 13.2 Å². The van der Waals surface area contributed by atoms with Gasteiger partial charge in [0.25, 0.3) is 10.2 Å². The lowest BCUT2D eigenvalue weighted by Crippen LogP contribution is -2.47. The van der Waals surface area contributed by atoms with E-state index in [1.807, 2.05) is 0 Å². The fourth-order valence-corrected chi connectivity index (χ4v) is 2.90. The number of benzene rings is 1. The predicted molar refractivity (Wildman–Crippen MR) is 71.2 cm³/mol. The molecule has 0 bridgehead atoms. The molecule has 2 rings (SSSR count). The third kappa shape index (κ3) is 4.41. The molecule has 1 N–H and O–H groups in total. The van der Waals surface area contributed by atoms with E-state index in [4.69, 9.17) is 9.47 Å². The molecule has 0 aromatic heterocycles. The largest absolute Gasteiger partial charge is 0.492 e. The summed E-state index contributed by atoms with van der Waals surface area (Å²) in [6, 6.07) is 5.55. The van der Waals surface area contributed by atoms with Crippen LogP contribution in [0.1, 0.15) is 0 Å². The summed E-state index contributed by atoms with van der Waals surface area (Å²) in [6.45, 7) is 1.86. The van der Waals surface area contributed by atoms with E-state index in [0.29, 0.717) is 32.1 Å². The standard InChI is InChI=1S/C12H17FN2O4S/c13-11-1-3-12(4-2-11)19-8-5-14-20(16,17)15-6-9-18-10-7-15/h1-4,14H,5-10H2. The smallest absolute Gasteiger partial charge is 0.279 e. The van der Waals surface area contributed by atoms with Gasteiger partial charge in [0.15, 0.2) is 0 Å². The van der Waals surface area contributed by atoms with Crippen LogP contribution in [0.2, 0.25) is 0 Å². The lowest BCUT2D eigenvalue weighted by Gasteiger charge is -2.26. The summed E-state index contributed by atoms with van der Waals surface area (Å²) in [5, 5.41) is 0. The average molecular weight is 304 g/mol. The maximum Gasteiger partial charge on any atom is 0.279 e. The van der Waals surface area contributed by atoms with Gasteiger partial charge in [0.2, 0.25) is 0 Å². The number of rotatable bonds is 6. The van der Waals surface area contributed by atoms with Crippen molar-refractivity contribution in [2.75, 3.05) is 39.5 Å². The highest BCUT2D eigenvalue weighted by atomic mass is 32.2. The summed E-state index contributed by atoms with van der Waals surface area (Å²) in [5.74, 6) is 0.155. The van der Waals surface area contributed by atoms with Crippen LogP contribution in [0.3, 0.4) is 0 Å². The monoisotopic (exact) mass is 304 g/mol. The summed E-state index contributed by atoms with van der Waals surface area (Å²) in [6.07, 6.45) is 0. The number of halogens is 1. The summed E-state index contributed by atoms with van der Waals surface area (Å²) in [5.41, 5.74) is 0. The molecule has 0 amide bonds. The van der Waals surface area contributed by atoms with Gasteiger partial charge >= 0.3 is 0 Å². The van der Waals surface area contributed by atoms with Gasteiger partial charge in [-0.05, 0) is 24.3 Å². The van der Waals surface area contributed by atoms with Crippen LogP contribution in [0.5, 0.6) is 5.75 Å². The molecule has 0 aliphatic carbocycles. The molecule has 1 saturated heterocycles. The first-order valence-corrected chi connectivity index (χ1v) is 7.73. The summed E-state index contributed by atoms with van der Waals surface area (Å²) in [4.78, 5) is 0. The fraction of sp³-hybridized carbons (Fsp3) is 0.500. The van der Waals surface area contributed by atoms with E-state index < -0.39 is 10.2 Å². The Morgan fingerprint density at radius 3 is 2.55 bits per heavy atom. The van der Waals surface area contributed by atoms with Gasteiger partial charge in [-0.2, -0.15) is 17.4 Å². The molecule has 0 atom stereocenters. The first-order chi connectivity index (χ1) is 9.58. The van der Waals surface area contributed by atoms with Gasteiger partial charge in [-0.15, -0.1) is 0 Å². The van der Waals surface area contributed by atoms with E-state index in [9.17, 15) is 12.8 Å². The van der Waals surface area contributed by atoms with Crippen LogP contribution in [-0.2, 0) is 14.9 Å². The third-order valence-electron chi connectivity index (χ3n) is 2.78. The summed E-state index contributed by atoms with van der Waals surface area (Å²) in [7, 11) is -3.48. The van der Waals surface area contributed by atoms with Crippen LogP contribution in [-0.4, -0.2) is 52.2 Å². The number of morpholine rings is 1. The van der Waals surface area contributed by atoms with Gasteiger partial charge in [0.1, 0.15) is 18.2 Å². The van der Waals surface area contributed by atoms with Crippen LogP contribution >= 0.6 is 0 Å². The van der Waals surface area contributed by atoms with Gasteiger partial charge < -0.3 is 9.47 Å². The van der Waals surface area contributed by atoms with Crippen LogP contribution in [0.15, 0.2) is 24.3 Å². The van der Waals surface area contributed by atoms with Gasteiger partial charge in [0, 0.05) is 19.6 Å². The van der Waals surface area contributed by atoms with Gasteiger partial charge in [-0.1, -0.05) is 0 Å². The molecule has 0 radical (unpaired) electrons. The number of hydrogen-bond acceptors (Lipinski definition) is 4. The van der Waals surface area contributed by atoms with E-state index >= 15 is 0 Å². The topological polar surface area (TPSA) is 67.9 Å². The Bertz CT molecular complexity index is 515. The zero-order valence-corrected chi connectivity index (χ0v) is 11.7. The maximum absolute atomic E-state index is 12.7. The van der Waals surface area contributed by atoms with E-state index in [1.54, 1.807) is 0 Å². The highest BCUT2D eigenvalue weighted by molar-refractivity contribution is 7.87. The van der Waals surface area contributed by atoms with Crippen LogP contribution < -0.4 is 9.46 Å². The lowest BCUT2D eigenvalue weighted by atomic mass is 10.3. The highest BCUT2D eigenvalue weighted by Crippen LogP contribution is 2.10. The number of nitrogens with one attached hydrogen (secondary N) is 1. The highest BCUT2D eigenvalue weighted by Gasteiger charge is 2.23. The van der Waals surface area contributed by atoms with Crippen molar-refractivity contribution in [1.82, 2.24) is 9.03 Å².